The molecule has 0 aromatic heterocycles. The Labute approximate surface area is 127 Å². The molecule has 1 aromatic carbocycles. The van der Waals surface area contributed by atoms with Crippen molar-refractivity contribution >= 4 is 5.91 Å². The number of piperidine rings is 1. The van der Waals surface area contributed by atoms with Crippen molar-refractivity contribution < 1.29 is 9.53 Å². The SMILES string of the molecule is CCC1(C(=O)NCc2ccccc2COC)CCCNC1. The van der Waals surface area contributed by atoms with E-state index >= 15 is 0 Å². The summed E-state index contributed by atoms with van der Waals surface area (Å²) in [6, 6.07) is 8.09. The molecular weight excluding hydrogens is 264 g/mol. The minimum atomic E-state index is -0.242. The van der Waals surface area contributed by atoms with Crippen LogP contribution in [0.15, 0.2) is 24.3 Å². The first kappa shape index (κ1) is 16.0. The maximum Gasteiger partial charge on any atom is 0.227 e. The number of carbonyl (C=O) groups is 1. The molecule has 1 amide bonds. The number of methoxy groups -OCH3 is 1. The van der Waals surface area contributed by atoms with E-state index in [0.717, 1.165) is 43.5 Å². The molecule has 0 saturated carbocycles. The number of rotatable bonds is 6. The minimum absolute atomic E-state index is 0.171. The van der Waals surface area contributed by atoms with Crippen LogP contribution in [-0.2, 0) is 22.7 Å². The van der Waals surface area contributed by atoms with Gasteiger partial charge < -0.3 is 15.4 Å². The monoisotopic (exact) mass is 290 g/mol. The van der Waals surface area contributed by atoms with Gasteiger partial charge >= 0.3 is 0 Å². The normalized spacial score (nSPS) is 22.0. The molecule has 1 unspecified atom stereocenters. The highest BCUT2D eigenvalue weighted by Crippen LogP contribution is 2.30. The first-order valence-electron chi connectivity index (χ1n) is 7.76. The van der Waals surface area contributed by atoms with E-state index < -0.39 is 0 Å². The predicted octanol–water partition coefficient (Wildman–Crippen LogP) is 2.23. The Morgan fingerprint density at radius 2 is 2.14 bits per heavy atom. The maximum atomic E-state index is 12.6. The summed E-state index contributed by atoms with van der Waals surface area (Å²) in [4.78, 5) is 12.6. The average Bonchev–Trinajstić information content (AvgIpc) is 2.54. The van der Waals surface area contributed by atoms with Crippen LogP contribution in [0.3, 0.4) is 0 Å². The van der Waals surface area contributed by atoms with Crippen LogP contribution in [0.5, 0.6) is 0 Å². The molecule has 1 saturated heterocycles. The Hall–Kier alpha value is -1.39. The van der Waals surface area contributed by atoms with Crippen LogP contribution < -0.4 is 10.6 Å². The van der Waals surface area contributed by atoms with E-state index in [1.54, 1.807) is 7.11 Å². The fourth-order valence-corrected chi connectivity index (χ4v) is 3.01. The highest BCUT2D eigenvalue weighted by Gasteiger charge is 2.37. The molecule has 2 N–H and O–H groups in total. The predicted molar refractivity (Wildman–Crippen MR) is 83.8 cm³/mol. The van der Waals surface area contributed by atoms with Crippen LogP contribution in [0.25, 0.3) is 0 Å². The molecule has 0 aliphatic carbocycles. The van der Waals surface area contributed by atoms with Gasteiger partial charge in [-0.2, -0.15) is 0 Å². The summed E-state index contributed by atoms with van der Waals surface area (Å²) in [6.07, 6.45) is 2.93. The van der Waals surface area contributed by atoms with E-state index in [4.69, 9.17) is 4.74 Å². The van der Waals surface area contributed by atoms with Gasteiger partial charge in [-0.25, -0.2) is 0 Å². The number of amides is 1. The molecule has 4 nitrogen and oxygen atoms in total. The molecule has 4 heteroatoms. The number of hydrogen-bond donors (Lipinski definition) is 2. The Morgan fingerprint density at radius 3 is 2.76 bits per heavy atom. The van der Waals surface area contributed by atoms with E-state index in [2.05, 4.69) is 17.6 Å². The lowest BCUT2D eigenvalue weighted by Crippen LogP contribution is -2.50. The lowest BCUT2D eigenvalue weighted by atomic mass is 9.77. The summed E-state index contributed by atoms with van der Waals surface area (Å²) >= 11 is 0. The molecule has 1 atom stereocenters. The van der Waals surface area contributed by atoms with Gasteiger partial charge in [0.2, 0.25) is 5.91 Å². The molecule has 1 heterocycles. The fourth-order valence-electron chi connectivity index (χ4n) is 3.01. The molecule has 21 heavy (non-hydrogen) atoms. The van der Waals surface area contributed by atoms with Crippen LogP contribution in [0.4, 0.5) is 0 Å². The van der Waals surface area contributed by atoms with E-state index in [-0.39, 0.29) is 11.3 Å². The van der Waals surface area contributed by atoms with E-state index in [1.807, 2.05) is 24.3 Å². The Balaban J connectivity index is 2.00. The summed E-state index contributed by atoms with van der Waals surface area (Å²) in [6.45, 7) is 5.05. The zero-order chi connectivity index (χ0) is 15.1. The zero-order valence-electron chi connectivity index (χ0n) is 13.1. The van der Waals surface area contributed by atoms with Crippen LogP contribution in [0, 0.1) is 5.41 Å². The number of benzene rings is 1. The maximum absolute atomic E-state index is 12.6. The minimum Gasteiger partial charge on any atom is -0.380 e. The molecular formula is C17H26N2O2. The quantitative estimate of drug-likeness (QED) is 0.844. The molecule has 1 aliphatic heterocycles. The highest BCUT2D eigenvalue weighted by atomic mass is 16.5. The number of hydrogen-bond acceptors (Lipinski definition) is 3. The van der Waals surface area contributed by atoms with Gasteiger partial charge in [0.15, 0.2) is 0 Å². The van der Waals surface area contributed by atoms with Crippen molar-refractivity contribution in [3.63, 3.8) is 0 Å². The second-order valence-electron chi connectivity index (χ2n) is 5.80. The molecule has 1 fully saturated rings. The zero-order valence-corrected chi connectivity index (χ0v) is 13.1. The Kier molecular flexibility index (Phi) is 5.76. The van der Waals surface area contributed by atoms with E-state index in [0.29, 0.717) is 13.2 Å². The van der Waals surface area contributed by atoms with Crippen molar-refractivity contribution in [1.82, 2.24) is 10.6 Å². The molecule has 0 spiro atoms. The van der Waals surface area contributed by atoms with Crippen molar-refractivity contribution in [2.45, 2.75) is 39.3 Å². The Bertz CT molecular complexity index is 468. The van der Waals surface area contributed by atoms with Crippen LogP contribution in [0.2, 0.25) is 0 Å². The van der Waals surface area contributed by atoms with Gasteiger partial charge in [-0.15, -0.1) is 0 Å². The largest absolute Gasteiger partial charge is 0.380 e. The topological polar surface area (TPSA) is 50.4 Å². The molecule has 1 aliphatic rings. The molecule has 2 rings (SSSR count). The van der Waals surface area contributed by atoms with Gasteiger partial charge in [-0.05, 0) is 36.9 Å². The highest BCUT2D eigenvalue weighted by molar-refractivity contribution is 5.83. The summed E-state index contributed by atoms with van der Waals surface area (Å²) in [7, 11) is 1.69. The lowest BCUT2D eigenvalue weighted by Gasteiger charge is -2.35. The summed E-state index contributed by atoms with van der Waals surface area (Å²) in [5.74, 6) is 0.171. The van der Waals surface area contributed by atoms with Crippen molar-refractivity contribution in [2.75, 3.05) is 20.2 Å². The third-order valence-corrected chi connectivity index (χ3v) is 4.49. The van der Waals surface area contributed by atoms with Gasteiger partial charge in [0.05, 0.1) is 12.0 Å². The Morgan fingerprint density at radius 1 is 1.38 bits per heavy atom. The average molecular weight is 290 g/mol. The first-order valence-corrected chi connectivity index (χ1v) is 7.76. The van der Waals surface area contributed by atoms with Gasteiger partial charge in [-0.3, -0.25) is 4.79 Å². The fraction of sp³-hybridized carbons (Fsp3) is 0.588. The van der Waals surface area contributed by atoms with Crippen molar-refractivity contribution in [3.8, 4) is 0 Å². The van der Waals surface area contributed by atoms with E-state index in [1.165, 1.54) is 0 Å². The van der Waals surface area contributed by atoms with Gasteiger partial charge in [0.25, 0.3) is 0 Å². The van der Waals surface area contributed by atoms with E-state index in [9.17, 15) is 4.79 Å². The number of nitrogens with one attached hydrogen (secondary N) is 2. The van der Waals surface area contributed by atoms with Crippen molar-refractivity contribution in [3.05, 3.63) is 35.4 Å². The third kappa shape index (κ3) is 3.83. The second-order valence-corrected chi connectivity index (χ2v) is 5.80. The smallest absolute Gasteiger partial charge is 0.227 e. The summed E-state index contributed by atoms with van der Waals surface area (Å²) in [5, 5.41) is 6.48. The number of ether oxygens (including phenoxy) is 1. The second kappa shape index (κ2) is 7.57. The van der Waals surface area contributed by atoms with Crippen LogP contribution >= 0.6 is 0 Å². The van der Waals surface area contributed by atoms with Gasteiger partial charge in [0, 0.05) is 20.2 Å². The summed E-state index contributed by atoms with van der Waals surface area (Å²) < 4.78 is 5.21. The number of carbonyl (C=O) groups excluding carboxylic acids is 1. The molecule has 0 radical (unpaired) electrons. The molecule has 1 aromatic rings. The first-order chi connectivity index (χ1) is 10.2. The van der Waals surface area contributed by atoms with Crippen molar-refractivity contribution in [2.24, 2.45) is 5.41 Å². The van der Waals surface area contributed by atoms with Gasteiger partial charge in [-0.1, -0.05) is 31.2 Å². The van der Waals surface area contributed by atoms with Crippen LogP contribution in [0.1, 0.15) is 37.3 Å². The lowest BCUT2D eigenvalue weighted by molar-refractivity contribution is -0.132. The van der Waals surface area contributed by atoms with Crippen molar-refractivity contribution in [1.29, 1.82) is 0 Å². The molecule has 0 bridgehead atoms. The van der Waals surface area contributed by atoms with Gasteiger partial charge in [0.1, 0.15) is 0 Å². The summed E-state index contributed by atoms with van der Waals surface area (Å²) in [5.41, 5.74) is 2.02. The standard InChI is InChI=1S/C17H26N2O2/c1-3-17(9-6-10-18-13-17)16(20)19-11-14-7-4-5-8-15(14)12-21-2/h4-5,7-8,18H,3,6,9-13H2,1-2H3,(H,19,20). The van der Waals surface area contributed by atoms with Crippen LogP contribution in [-0.4, -0.2) is 26.1 Å². The molecule has 116 valence electrons. The third-order valence-electron chi connectivity index (χ3n) is 4.49.